The Hall–Kier alpha value is -0.0800. The minimum atomic E-state index is 0.432. The van der Waals surface area contributed by atoms with E-state index in [2.05, 4.69) is 59.1 Å². The van der Waals surface area contributed by atoms with Crippen LogP contribution in [0.15, 0.2) is 0 Å². The average Bonchev–Trinajstić information content (AvgIpc) is 2.13. The smallest absolute Gasteiger partial charge is 0.0164 e. The first-order valence-electron chi connectivity index (χ1n) is 6.70. The summed E-state index contributed by atoms with van der Waals surface area (Å²) in [6.07, 6.45) is 1.26. The first kappa shape index (κ1) is 15.9. The molecule has 0 saturated carbocycles. The van der Waals surface area contributed by atoms with Gasteiger partial charge in [0.15, 0.2) is 0 Å². The molecule has 0 aliphatic carbocycles. The molecule has 2 heteroatoms. The van der Waals surface area contributed by atoms with Crippen LogP contribution in [-0.4, -0.2) is 25.2 Å². The third-order valence-corrected chi connectivity index (χ3v) is 3.38. The number of rotatable bonds is 7. The molecule has 0 aliphatic rings. The molecule has 2 unspecified atom stereocenters. The van der Waals surface area contributed by atoms with Crippen molar-refractivity contribution in [1.82, 2.24) is 10.6 Å². The largest absolute Gasteiger partial charge is 0.313 e. The van der Waals surface area contributed by atoms with Crippen molar-refractivity contribution in [1.29, 1.82) is 0 Å². The molecule has 2 nitrogen and oxygen atoms in total. The van der Waals surface area contributed by atoms with E-state index in [1.807, 2.05) is 0 Å². The van der Waals surface area contributed by atoms with Crippen LogP contribution >= 0.6 is 0 Å². The molecule has 0 aromatic rings. The van der Waals surface area contributed by atoms with Crippen LogP contribution in [0.1, 0.15) is 54.9 Å². The Kier molecular flexibility index (Phi) is 7.25. The van der Waals surface area contributed by atoms with Gasteiger partial charge in [-0.15, -0.1) is 0 Å². The summed E-state index contributed by atoms with van der Waals surface area (Å²) in [6.45, 7) is 18.1. The zero-order chi connectivity index (χ0) is 12.8. The summed E-state index contributed by atoms with van der Waals surface area (Å²) in [6, 6.07) is 1.15. The van der Waals surface area contributed by atoms with E-state index in [4.69, 9.17) is 0 Å². The quantitative estimate of drug-likeness (QED) is 0.700. The maximum Gasteiger partial charge on any atom is 0.0164 e. The first-order valence-corrected chi connectivity index (χ1v) is 6.70. The molecule has 0 saturated heterocycles. The predicted octanol–water partition coefficient (Wildman–Crippen LogP) is 3.03. The Balaban J connectivity index is 3.58. The second kappa shape index (κ2) is 7.29. The monoisotopic (exact) mass is 228 g/mol. The van der Waals surface area contributed by atoms with E-state index in [-0.39, 0.29) is 0 Å². The Morgan fingerprint density at radius 3 is 1.94 bits per heavy atom. The Bertz CT molecular complexity index is 170. The lowest BCUT2D eigenvalue weighted by Crippen LogP contribution is -2.40. The van der Waals surface area contributed by atoms with Crippen molar-refractivity contribution in [3.63, 3.8) is 0 Å². The molecule has 98 valence electrons. The maximum absolute atomic E-state index is 3.58. The molecule has 0 amide bonds. The van der Waals surface area contributed by atoms with Crippen LogP contribution in [0, 0.1) is 11.3 Å². The first-order chi connectivity index (χ1) is 7.23. The molecule has 0 aliphatic heterocycles. The minimum absolute atomic E-state index is 0.432. The summed E-state index contributed by atoms with van der Waals surface area (Å²) in [5.41, 5.74) is 0.432. The van der Waals surface area contributed by atoms with Gasteiger partial charge in [0, 0.05) is 18.6 Å². The van der Waals surface area contributed by atoms with Gasteiger partial charge in [-0.3, -0.25) is 0 Å². The Labute approximate surface area is 103 Å². The van der Waals surface area contributed by atoms with Gasteiger partial charge in [-0.1, -0.05) is 41.5 Å². The number of nitrogens with one attached hydrogen (secondary N) is 2. The van der Waals surface area contributed by atoms with Crippen LogP contribution in [-0.2, 0) is 0 Å². The lowest BCUT2D eigenvalue weighted by atomic mass is 9.80. The predicted molar refractivity (Wildman–Crippen MR) is 73.8 cm³/mol. The minimum Gasteiger partial charge on any atom is -0.313 e. The molecular weight excluding hydrogens is 196 g/mol. The number of hydrogen-bond acceptors (Lipinski definition) is 2. The molecular formula is C14H32N2. The Morgan fingerprint density at radius 2 is 1.50 bits per heavy atom. The van der Waals surface area contributed by atoms with E-state index in [1.54, 1.807) is 0 Å². The van der Waals surface area contributed by atoms with Crippen molar-refractivity contribution in [2.45, 2.75) is 67.0 Å². The molecule has 0 heterocycles. The van der Waals surface area contributed by atoms with Gasteiger partial charge in [-0.05, 0) is 31.2 Å². The van der Waals surface area contributed by atoms with Gasteiger partial charge in [-0.2, -0.15) is 0 Å². The van der Waals surface area contributed by atoms with Crippen molar-refractivity contribution >= 4 is 0 Å². The van der Waals surface area contributed by atoms with Gasteiger partial charge in [0.2, 0.25) is 0 Å². The van der Waals surface area contributed by atoms with E-state index >= 15 is 0 Å². The van der Waals surface area contributed by atoms with Crippen LogP contribution in [0.2, 0.25) is 0 Å². The van der Waals surface area contributed by atoms with Gasteiger partial charge < -0.3 is 10.6 Å². The van der Waals surface area contributed by atoms with Crippen LogP contribution in [0.3, 0.4) is 0 Å². The molecule has 2 N–H and O–H groups in total. The SMILES string of the molecule is CC(C)NCC(C)NCCC(C)C(C)(C)C. The summed E-state index contributed by atoms with van der Waals surface area (Å²) in [7, 11) is 0. The lowest BCUT2D eigenvalue weighted by Gasteiger charge is -2.28. The fourth-order valence-electron chi connectivity index (χ4n) is 1.46. The third-order valence-electron chi connectivity index (χ3n) is 3.38. The standard InChI is InChI=1S/C14H32N2/c1-11(2)16-10-13(4)15-9-8-12(3)14(5,6)7/h11-13,15-16H,8-10H2,1-7H3. The van der Waals surface area contributed by atoms with E-state index in [1.165, 1.54) is 6.42 Å². The topological polar surface area (TPSA) is 24.1 Å². The summed E-state index contributed by atoms with van der Waals surface area (Å²) in [5, 5.41) is 7.03. The van der Waals surface area contributed by atoms with Gasteiger partial charge in [-0.25, -0.2) is 0 Å². The van der Waals surface area contributed by atoms with Crippen LogP contribution < -0.4 is 10.6 Å². The van der Waals surface area contributed by atoms with Crippen LogP contribution in [0.5, 0.6) is 0 Å². The molecule has 2 atom stereocenters. The summed E-state index contributed by atoms with van der Waals surface area (Å²) in [5.74, 6) is 0.769. The fourth-order valence-corrected chi connectivity index (χ4v) is 1.46. The van der Waals surface area contributed by atoms with Gasteiger partial charge in [0.25, 0.3) is 0 Å². The van der Waals surface area contributed by atoms with Crippen molar-refractivity contribution in [3.05, 3.63) is 0 Å². The summed E-state index contributed by atoms with van der Waals surface area (Å²) >= 11 is 0. The zero-order valence-corrected chi connectivity index (χ0v) is 12.4. The van der Waals surface area contributed by atoms with Crippen molar-refractivity contribution in [2.24, 2.45) is 11.3 Å². The van der Waals surface area contributed by atoms with Gasteiger partial charge in [0.1, 0.15) is 0 Å². The molecule has 0 bridgehead atoms. The van der Waals surface area contributed by atoms with Crippen LogP contribution in [0.4, 0.5) is 0 Å². The van der Waals surface area contributed by atoms with Gasteiger partial charge in [0.05, 0.1) is 0 Å². The summed E-state index contributed by atoms with van der Waals surface area (Å²) in [4.78, 5) is 0. The highest BCUT2D eigenvalue weighted by Crippen LogP contribution is 2.27. The second-order valence-corrected chi connectivity index (χ2v) is 6.47. The molecule has 0 fully saturated rings. The fraction of sp³-hybridized carbons (Fsp3) is 1.00. The summed E-state index contributed by atoms with van der Waals surface area (Å²) < 4.78 is 0. The second-order valence-electron chi connectivity index (χ2n) is 6.47. The van der Waals surface area contributed by atoms with Crippen molar-refractivity contribution in [3.8, 4) is 0 Å². The van der Waals surface area contributed by atoms with E-state index in [0.717, 1.165) is 19.0 Å². The lowest BCUT2D eigenvalue weighted by molar-refractivity contribution is 0.242. The maximum atomic E-state index is 3.58. The van der Waals surface area contributed by atoms with E-state index in [0.29, 0.717) is 17.5 Å². The molecule has 0 rings (SSSR count). The molecule has 0 aromatic carbocycles. The normalized spacial score (nSPS) is 16.5. The van der Waals surface area contributed by atoms with Crippen LogP contribution in [0.25, 0.3) is 0 Å². The van der Waals surface area contributed by atoms with E-state index in [9.17, 15) is 0 Å². The Morgan fingerprint density at radius 1 is 0.938 bits per heavy atom. The van der Waals surface area contributed by atoms with Gasteiger partial charge >= 0.3 is 0 Å². The third kappa shape index (κ3) is 8.12. The molecule has 0 spiro atoms. The average molecular weight is 228 g/mol. The molecule has 0 aromatic heterocycles. The number of hydrogen-bond donors (Lipinski definition) is 2. The van der Waals surface area contributed by atoms with Crippen molar-refractivity contribution in [2.75, 3.05) is 13.1 Å². The molecule has 0 radical (unpaired) electrons. The zero-order valence-electron chi connectivity index (χ0n) is 12.4. The van der Waals surface area contributed by atoms with Crippen molar-refractivity contribution < 1.29 is 0 Å². The molecule has 16 heavy (non-hydrogen) atoms. The highest BCUT2D eigenvalue weighted by atomic mass is 15.0. The highest BCUT2D eigenvalue weighted by Gasteiger charge is 2.19. The van der Waals surface area contributed by atoms with E-state index < -0.39 is 0 Å². The highest BCUT2D eigenvalue weighted by molar-refractivity contribution is 4.72.